The van der Waals surface area contributed by atoms with Crippen molar-refractivity contribution in [1.29, 1.82) is 0 Å². The number of nitrogens with zero attached hydrogens (tertiary/aromatic N) is 2. The number of hydrogen-bond acceptors (Lipinski definition) is 7. The van der Waals surface area contributed by atoms with Crippen molar-refractivity contribution in [3.05, 3.63) is 26.6 Å². The zero-order valence-corrected chi connectivity index (χ0v) is 13.6. The number of phenolic OH excluding ortho intramolecular Hbond substituents is 1. The molecule has 0 fully saturated rings. The number of nitrogens with one attached hydrogen (secondary N) is 1. The van der Waals surface area contributed by atoms with Crippen LogP contribution in [0.5, 0.6) is 11.5 Å². The second-order valence-corrected chi connectivity index (χ2v) is 5.75. The van der Waals surface area contributed by atoms with Crippen LogP contribution >= 0.6 is 33.9 Å². The number of phenols is 1. The predicted octanol–water partition coefficient (Wildman–Crippen LogP) is 2.88. The minimum atomic E-state index is 0.144. The molecule has 106 valence electrons. The van der Waals surface area contributed by atoms with Crippen molar-refractivity contribution in [2.75, 3.05) is 17.8 Å². The molecule has 0 aliphatic carbocycles. The van der Waals surface area contributed by atoms with E-state index in [9.17, 15) is 5.11 Å². The highest BCUT2D eigenvalue weighted by Crippen LogP contribution is 2.32. The minimum absolute atomic E-state index is 0.144. The van der Waals surface area contributed by atoms with Gasteiger partial charge in [-0.15, -0.1) is 11.3 Å². The maximum Gasteiger partial charge on any atom is 0.205 e. The molecular formula is C12H13IN4O2S. The average molecular weight is 404 g/mol. The second-order valence-electron chi connectivity index (χ2n) is 3.73. The predicted molar refractivity (Wildman–Crippen MR) is 89.7 cm³/mol. The third-order valence-electron chi connectivity index (χ3n) is 2.25. The molecule has 0 saturated heterocycles. The molecule has 0 unspecified atom stereocenters. The molecule has 0 atom stereocenters. The van der Waals surface area contributed by atoms with Gasteiger partial charge in [-0.1, -0.05) is 0 Å². The molecule has 6 nitrogen and oxygen atoms in total. The number of hydrogen-bond donors (Lipinski definition) is 3. The summed E-state index contributed by atoms with van der Waals surface area (Å²) in [5.41, 5.74) is 9.12. The van der Waals surface area contributed by atoms with Crippen molar-refractivity contribution < 1.29 is 9.84 Å². The van der Waals surface area contributed by atoms with Gasteiger partial charge in [0.1, 0.15) is 5.82 Å². The summed E-state index contributed by atoms with van der Waals surface area (Å²) in [7, 11) is 0. The van der Waals surface area contributed by atoms with Gasteiger partial charge in [0.25, 0.3) is 0 Å². The number of thiazole rings is 1. The van der Waals surface area contributed by atoms with Crippen LogP contribution in [0.15, 0.2) is 22.6 Å². The second kappa shape index (κ2) is 6.75. The van der Waals surface area contributed by atoms with Crippen molar-refractivity contribution in [3.63, 3.8) is 0 Å². The largest absolute Gasteiger partial charge is 0.504 e. The number of ether oxygens (including phenoxy) is 1. The van der Waals surface area contributed by atoms with E-state index in [1.807, 2.05) is 29.5 Å². The first-order chi connectivity index (χ1) is 9.60. The van der Waals surface area contributed by atoms with Crippen LogP contribution in [0.4, 0.5) is 10.9 Å². The Labute approximate surface area is 133 Å². The highest BCUT2D eigenvalue weighted by Gasteiger charge is 2.08. The first kappa shape index (κ1) is 14.9. The van der Waals surface area contributed by atoms with Gasteiger partial charge in [0.2, 0.25) is 5.13 Å². The molecule has 2 rings (SSSR count). The van der Waals surface area contributed by atoms with E-state index in [1.54, 1.807) is 23.7 Å². The molecule has 1 heterocycles. The standard InChI is InChI=1S/C12H13IN4O2S/c1-2-19-9-4-7(3-8(13)11(9)18)5-15-17-12-16-10(14)6-20-12/h3-6,18H,2,14H2,1H3,(H,16,17). The topological polar surface area (TPSA) is 92.8 Å². The molecule has 8 heteroatoms. The van der Waals surface area contributed by atoms with E-state index in [-0.39, 0.29) is 5.75 Å². The average Bonchev–Trinajstić information content (AvgIpc) is 2.81. The smallest absolute Gasteiger partial charge is 0.205 e. The highest BCUT2D eigenvalue weighted by molar-refractivity contribution is 14.1. The van der Waals surface area contributed by atoms with Crippen molar-refractivity contribution in [2.45, 2.75) is 6.92 Å². The summed E-state index contributed by atoms with van der Waals surface area (Å²) in [6.45, 7) is 2.35. The van der Waals surface area contributed by atoms with Gasteiger partial charge < -0.3 is 15.6 Å². The Morgan fingerprint density at radius 1 is 1.60 bits per heavy atom. The lowest BCUT2D eigenvalue weighted by atomic mass is 10.2. The molecule has 20 heavy (non-hydrogen) atoms. The number of halogens is 1. The molecule has 1 aromatic heterocycles. The van der Waals surface area contributed by atoms with Crippen LogP contribution in [0.3, 0.4) is 0 Å². The Morgan fingerprint density at radius 2 is 2.40 bits per heavy atom. The summed E-state index contributed by atoms with van der Waals surface area (Å²) in [5, 5.41) is 16.3. The number of benzene rings is 1. The number of hydrazone groups is 1. The molecule has 0 saturated carbocycles. The van der Waals surface area contributed by atoms with Gasteiger partial charge in [0.05, 0.1) is 16.4 Å². The molecule has 2 aromatic rings. The monoisotopic (exact) mass is 404 g/mol. The van der Waals surface area contributed by atoms with Crippen molar-refractivity contribution >= 4 is 51.1 Å². The Morgan fingerprint density at radius 3 is 3.05 bits per heavy atom. The lowest BCUT2D eigenvalue weighted by molar-refractivity contribution is 0.317. The third kappa shape index (κ3) is 3.73. The lowest BCUT2D eigenvalue weighted by Crippen LogP contribution is -1.96. The van der Waals surface area contributed by atoms with E-state index in [0.29, 0.717) is 26.9 Å². The molecule has 0 aliphatic rings. The van der Waals surface area contributed by atoms with E-state index < -0.39 is 0 Å². The number of aromatic nitrogens is 1. The molecule has 4 N–H and O–H groups in total. The highest BCUT2D eigenvalue weighted by atomic mass is 127. The van der Waals surface area contributed by atoms with E-state index >= 15 is 0 Å². The van der Waals surface area contributed by atoms with Crippen LogP contribution in [-0.4, -0.2) is 22.9 Å². The fourth-order valence-electron chi connectivity index (χ4n) is 1.43. The summed E-state index contributed by atoms with van der Waals surface area (Å²) >= 11 is 3.42. The zero-order valence-electron chi connectivity index (χ0n) is 10.6. The van der Waals surface area contributed by atoms with Crippen LogP contribution < -0.4 is 15.9 Å². The van der Waals surface area contributed by atoms with Crippen LogP contribution in [0.2, 0.25) is 0 Å². The number of nitrogen functional groups attached to an aromatic ring is 1. The maximum absolute atomic E-state index is 9.84. The number of aromatic hydroxyl groups is 1. The normalized spacial score (nSPS) is 10.9. The molecule has 0 radical (unpaired) electrons. The van der Waals surface area contributed by atoms with Gasteiger partial charge in [-0.05, 0) is 47.2 Å². The SMILES string of the molecule is CCOc1cc(C=NNc2nc(N)cs2)cc(I)c1O. The van der Waals surface area contributed by atoms with E-state index in [1.165, 1.54) is 11.3 Å². The van der Waals surface area contributed by atoms with Crippen LogP contribution in [0.25, 0.3) is 0 Å². The number of nitrogens with two attached hydrogens (primary N) is 1. The third-order valence-corrected chi connectivity index (χ3v) is 3.83. The summed E-state index contributed by atoms with van der Waals surface area (Å²) in [4.78, 5) is 4.03. The van der Waals surface area contributed by atoms with Gasteiger partial charge in [0.15, 0.2) is 11.5 Å². The van der Waals surface area contributed by atoms with Crippen molar-refractivity contribution in [3.8, 4) is 11.5 Å². The minimum Gasteiger partial charge on any atom is -0.504 e. The summed E-state index contributed by atoms with van der Waals surface area (Å²) in [5.74, 6) is 1.05. The van der Waals surface area contributed by atoms with Gasteiger partial charge >= 0.3 is 0 Å². The van der Waals surface area contributed by atoms with Crippen LogP contribution in [0, 0.1) is 3.57 Å². The Bertz CT molecular complexity index is 630. The zero-order chi connectivity index (χ0) is 14.5. The number of anilines is 2. The first-order valence-corrected chi connectivity index (χ1v) is 7.71. The van der Waals surface area contributed by atoms with E-state index in [2.05, 4.69) is 15.5 Å². The number of rotatable bonds is 5. The summed E-state index contributed by atoms with van der Waals surface area (Å²) < 4.78 is 6.06. The van der Waals surface area contributed by atoms with Gasteiger partial charge in [-0.3, -0.25) is 5.43 Å². The molecule has 0 amide bonds. The van der Waals surface area contributed by atoms with E-state index in [0.717, 1.165) is 5.56 Å². The van der Waals surface area contributed by atoms with Crippen LogP contribution in [0.1, 0.15) is 12.5 Å². The first-order valence-electron chi connectivity index (χ1n) is 5.75. The van der Waals surface area contributed by atoms with Crippen molar-refractivity contribution in [2.24, 2.45) is 5.10 Å². The Kier molecular flexibility index (Phi) is 5.01. The molecule has 0 spiro atoms. The molecule has 0 aliphatic heterocycles. The van der Waals surface area contributed by atoms with Gasteiger partial charge in [0, 0.05) is 5.38 Å². The fourth-order valence-corrected chi connectivity index (χ4v) is 2.61. The summed E-state index contributed by atoms with van der Waals surface area (Å²) in [6.07, 6.45) is 1.63. The Balaban J connectivity index is 2.12. The molecular weight excluding hydrogens is 391 g/mol. The quantitative estimate of drug-likeness (QED) is 0.405. The maximum atomic E-state index is 9.84. The van der Waals surface area contributed by atoms with E-state index in [4.69, 9.17) is 10.5 Å². The molecule has 1 aromatic carbocycles. The fraction of sp³-hybridized carbons (Fsp3) is 0.167. The van der Waals surface area contributed by atoms with Gasteiger partial charge in [-0.25, -0.2) is 4.98 Å². The van der Waals surface area contributed by atoms with Crippen LogP contribution in [-0.2, 0) is 0 Å². The molecule has 0 bridgehead atoms. The summed E-state index contributed by atoms with van der Waals surface area (Å²) in [6, 6.07) is 3.53. The Hall–Kier alpha value is -1.55. The lowest BCUT2D eigenvalue weighted by Gasteiger charge is -2.08. The van der Waals surface area contributed by atoms with Gasteiger partial charge in [-0.2, -0.15) is 5.10 Å². The van der Waals surface area contributed by atoms with Crippen molar-refractivity contribution in [1.82, 2.24) is 4.98 Å².